The summed E-state index contributed by atoms with van der Waals surface area (Å²) in [7, 11) is -3.20. The van der Waals surface area contributed by atoms with E-state index in [2.05, 4.69) is 11.4 Å². The molecule has 1 aliphatic heterocycles. The van der Waals surface area contributed by atoms with E-state index in [1.807, 2.05) is 32.9 Å². The summed E-state index contributed by atoms with van der Waals surface area (Å²) < 4.78 is 30.0. The van der Waals surface area contributed by atoms with E-state index in [0.29, 0.717) is 0 Å². The summed E-state index contributed by atoms with van der Waals surface area (Å²) in [5, 5.41) is 3.27. The largest absolute Gasteiger partial charge is 0.486 e. The lowest BCUT2D eigenvalue weighted by Gasteiger charge is -2.43. The molecule has 0 radical (unpaired) electrons. The molecule has 1 N–H and O–H groups in total. The number of rotatable bonds is 3. The normalized spacial score (nSPS) is 21.5. The fraction of sp³-hybridized carbons (Fsp3) is 0.625. The van der Waals surface area contributed by atoms with E-state index in [-0.39, 0.29) is 6.04 Å². The third-order valence-electron chi connectivity index (χ3n) is 4.30. The molecular weight excluding hydrogens is 286 g/mol. The standard InChI is InChI=1S/C16H25NO3S/c1-11-7-8-13-12(9-11)10-14(15(2,3)20-13)17-16(4,5)21(6,18)19/h7-9,14,17H,10H2,1-6H3. The zero-order valence-corrected chi connectivity index (χ0v) is 14.5. The van der Waals surface area contributed by atoms with Crippen molar-refractivity contribution in [3.05, 3.63) is 29.3 Å². The van der Waals surface area contributed by atoms with Crippen molar-refractivity contribution in [2.75, 3.05) is 6.26 Å². The molecule has 1 aromatic carbocycles. The van der Waals surface area contributed by atoms with E-state index >= 15 is 0 Å². The Balaban J connectivity index is 2.33. The van der Waals surface area contributed by atoms with Gasteiger partial charge in [0.1, 0.15) is 16.2 Å². The summed E-state index contributed by atoms with van der Waals surface area (Å²) in [4.78, 5) is -0.986. The molecule has 21 heavy (non-hydrogen) atoms. The SMILES string of the molecule is Cc1ccc2c(c1)CC(NC(C)(C)S(C)(=O)=O)C(C)(C)O2. The van der Waals surface area contributed by atoms with Crippen LogP contribution in [0.15, 0.2) is 18.2 Å². The number of fused-ring (bicyclic) bond motifs is 1. The zero-order valence-electron chi connectivity index (χ0n) is 13.6. The number of sulfone groups is 1. The summed E-state index contributed by atoms with van der Waals surface area (Å²) in [5.41, 5.74) is 1.83. The van der Waals surface area contributed by atoms with Gasteiger partial charge in [-0.25, -0.2) is 8.42 Å². The van der Waals surface area contributed by atoms with E-state index in [1.54, 1.807) is 13.8 Å². The first-order chi connectivity index (χ1) is 9.42. The fourth-order valence-corrected chi connectivity index (χ4v) is 2.90. The van der Waals surface area contributed by atoms with E-state index in [0.717, 1.165) is 17.7 Å². The number of hydrogen-bond acceptors (Lipinski definition) is 4. The molecule has 1 atom stereocenters. The molecule has 1 aromatic rings. The lowest BCUT2D eigenvalue weighted by atomic mass is 9.87. The van der Waals surface area contributed by atoms with Crippen LogP contribution in [0.2, 0.25) is 0 Å². The Labute approximate surface area is 127 Å². The third-order valence-corrected chi connectivity index (χ3v) is 6.27. The first-order valence-corrected chi connectivity index (χ1v) is 9.07. The minimum atomic E-state index is -3.20. The van der Waals surface area contributed by atoms with Gasteiger partial charge in [0.05, 0.1) is 6.04 Å². The molecule has 118 valence electrons. The summed E-state index contributed by atoms with van der Waals surface area (Å²) in [6.45, 7) is 9.43. The van der Waals surface area contributed by atoms with Crippen LogP contribution >= 0.6 is 0 Å². The van der Waals surface area contributed by atoms with Crippen molar-refractivity contribution in [3.63, 3.8) is 0 Å². The monoisotopic (exact) mass is 311 g/mol. The van der Waals surface area contributed by atoms with Crippen LogP contribution in [-0.2, 0) is 16.3 Å². The summed E-state index contributed by atoms with van der Waals surface area (Å²) in [6, 6.07) is 6.05. The highest BCUT2D eigenvalue weighted by atomic mass is 32.2. The Morgan fingerprint density at radius 2 is 1.95 bits per heavy atom. The first-order valence-electron chi connectivity index (χ1n) is 7.18. The molecule has 5 heteroatoms. The van der Waals surface area contributed by atoms with Gasteiger partial charge in [-0.2, -0.15) is 0 Å². The van der Waals surface area contributed by atoms with Gasteiger partial charge in [0, 0.05) is 6.26 Å². The minimum absolute atomic E-state index is 0.0727. The van der Waals surface area contributed by atoms with Crippen molar-refractivity contribution < 1.29 is 13.2 Å². The van der Waals surface area contributed by atoms with E-state index in [9.17, 15) is 8.42 Å². The highest BCUT2D eigenvalue weighted by Crippen LogP contribution is 2.35. The smallest absolute Gasteiger partial charge is 0.165 e. The number of ether oxygens (including phenoxy) is 1. The second kappa shape index (κ2) is 4.99. The molecule has 1 unspecified atom stereocenters. The molecule has 1 aliphatic rings. The Kier molecular flexibility index (Phi) is 3.87. The van der Waals surface area contributed by atoms with Crippen LogP contribution in [0.25, 0.3) is 0 Å². The van der Waals surface area contributed by atoms with Crippen LogP contribution in [-0.4, -0.2) is 31.2 Å². The Hall–Kier alpha value is -1.07. The van der Waals surface area contributed by atoms with Gasteiger partial charge in [-0.1, -0.05) is 17.7 Å². The lowest BCUT2D eigenvalue weighted by Crippen LogP contribution is -2.61. The topological polar surface area (TPSA) is 55.4 Å². The van der Waals surface area contributed by atoms with Crippen molar-refractivity contribution in [2.45, 2.75) is 57.6 Å². The van der Waals surface area contributed by atoms with Gasteiger partial charge in [0.25, 0.3) is 0 Å². The molecule has 0 amide bonds. The molecule has 2 rings (SSSR count). The number of aryl methyl sites for hydroxylation is 1. The molecule has 0 spiro atoms. The molecule has 1 heterocycles. The maximum atomic E-state index is 11.9. The summed E-state index contributed by atoms with van der Waals surface area (Å²) in [6.07, 6.45) is 2.01. The molecule has 0 saturated heterocycles. The number of benzene rings is 1. The van der Waals surface area contributed by atoms with Gasteiger partial charge in [-0.3, -0.25) is 5.32 Å². The predicted molar refractivity (Wildman–Crippen MR) is 85.4 cm³/mol. The molecule has 0 aliphatic carbocycles. The molecule has 0 fully saturated rings. The van der Waals surface area contributed by atoms with Crippen molar-refractivity contribution >= 4 is 9.84 Å². The molecule has 0 aromatic heterocycles. The molecular formula is C16H25NO3S. The van der Waals surface area contributed by atoms with Crippen LogP contribution in [0.4, 0.5) is 0 Å². The second-order valence-electron chi connectivity index (χ2n) is 7.00. The minimum Gasteiger partial charge on any atom is -0.486 e. The maximum absolute atomic E-state index is 11.9. The zero-order chi connectivity index (χ0) is 16.1. The number of hydrogen-bond donors (Lipinski definition) is 1. The van der Waals surface area contributed by atoms with E-state index in [1.165, 1.54) is 11.8 Å². The Morgan fingerprint density at radius 1 is 1.33 bits per heavy atom. The van der Waals surface area contributed by atoms with Crippen molar-refractivity contribution in [2.24, 2.45) is 0 Å². The van der Waals surface area contributed by atoms with Crippen LogP contribution in [0.3, 0.4) is 0 Å². The molecule has 4 nitrogen and oxygen atoms in total. The van der Waals surface area contributed by atoms with Crippen molar-refractivity contribution in [1.82, 2.24) is 5.32 Å². The average molecular weight is 311 g/mol. The van der Waals surface area contributed by atoms with Crippen LogP contribution in [0.1, 0.15) is 38.8 Å². The van der Waals surface area contributed by atoms with Crippen LogP contribution in [0, 0.1) is 6.92 Å². The maximum Gasteiger partial charge on any atom is 0.165 e. The van der Waals surface area contributed by atoms with Gasteiger partial charge < -0.3 is 4.74 Å². The highest BCUT2D eigenvalue weighted by Gasteiger charge is 2.42. The van der Waals surface area contributed by atoms with E-state index < -0.39 is 20.3 Å². The lowest BCUT2D eigenvalue weighted by molar-refractivity contribution is 0.0424. The third kappa shape index (κ3) is 3.24. The average Bonchev–Trinajstić information content (AvgIpc) is 2.28. The van der Waals surface area contributed by atoms with Crippen LogP contribution in [0.5, 0.6) is 5.75 Å². The van der Waals surface area contributed by atoms with Gasteiger partial charge in [-0.05, 0) is 52.7 Å². The Morgan fingerprint density at radius 3 is 2.52 bits per heavy atom. The van der Waals surface area contributed by atoms with Gasteiger partial charge in [-0.15, -0.1) is 0 Å². The van der Waals surface area contributed by atoms with Crippen molar-refractivity contribution in [1.29, 1.82) is 0 Å². The number of nitrogens with one attached hydrogen (secondary N) is 1. The highest BCUT2D eigenvalue weighted by molar-refractivity contribution is 7.92. The van der Waals surface area contributed by atoms with Crippen molar-refractivity contribution in [3.8, 4) is 5.75 Å². The molecule has 0 bridgehead atoms. The summed E-state index contributed by atoms with van der Waals surface area (Å²) in [5.74, 6) is 0.890. The van der Waals surface area contributed by atoms with Gasteiger partial charge >= 0.3 is 0 Å². The van der Waals surface area contributed by atoms with Crippen LogP contribution < -0.4 is 10.1 Å². The predicted octanol–water partition coefficient (Wildman–Crippen LogP) is 2.45. The van der Waals surface area contributed by atoms with E-state index in [4.69, 9.17) is 4.74 Å². The first kappa shape index (κ1) is 16.3. The van der Waals surface area contributed by atoms with Gasteiger partial charge in [0.15, 0.2) is 9.84 Å². The van der Waals surface area contributed by atoms with Gasteiger partial charge in [0.2, 0.25) is 0 Å². The second-order valence-corrected chi connectivity index (χ2v) is 9.57. The Bertz CT molecular complexity index is 647. The quantitative estimate of drug-likeness (QED) is 0.931. The molecule has 0 saturated carbocycles. The summed E-state index contributed by atoms with van der Waals surface area (Å²) >= 11 is 0. The fourth-order valence-electron chi connectivity index (χ4n) is 2.54.